The van der Waals surface area contributed by atoms with Crippen molar-refractivity contribution >= 4 is 0 Å². The van der Waals surface area contributed by atoms with Gasteiger partial charge in [-0.05, 0) is 17.5 Å². The van der Waals surface area contributed by atoms with Crippen LogP contribution in [0.25, 0.3) is 0 Å². The summed E-state index contributed by atoms with van der Waals surface area (Å²) >= 11 is 0. The van der Waals surface area contributed by atoms with E-state index in [0.29, 0.717) is 25.5 Å². The van der Waals surface area contributed by atoms with Crippen LogP contribution < -0.4 is 0 Å². The Balaban J connectivity index is 3.34. The maximum Gasteiger partial charge on any atom is 0.460 e. The average Bonchev–Trinajstić information content (AvgIpc) is 2.65. The van der Waals surface area contributed by atoms with Gasteiger partial charge in [-0.15, -0.1) is 0 Å². The third-order valence-corrected chi connectivity index (χ3v) is 4.61. The minimum Gasteiger partial charge on any atom is -0.377 e. The zero-order valence-corrected chi connectivity index (χ0v) is 16.3. The maximum atomic E-state index is 14.1. The highest BCUT2D eigenvalue weighted by molar-refractivity contribution is 5.25. The highest BCUT2D eigenvalue weighted by Gasteiger charge is 2.90. The second-order valence-corrected chi connectivity index (χ2v) is 6.92. The first-order valence-electron chi connectivity index (χ1n) is 8.78. The molecule has 0 N–H and O–H groups in total. The Morgan fingerprint density at radius 2 is 1.12 bits per heavy atom. The van der Waals surface area contributed by atoms with Gasteiger partial charge in [0.2, 0.25) is 0 Å². The van der Waals surface area contributed by atoms with Crippen molar-refractivity contribution in [3.8, 4) is 0 Å². The van der Waals surface area contributed by atoms with E-state index in [0.717, 1.165) is 12.1 Å². The molecule has 0 radical (unpaired) electrons. The van der Waals surface area contributed by atoms with E-state index in [9.17, 15) is 57.1 Å². The topological polar surface area (TPSA) is 9.23 Å². The zero-order valence-electron chi connectivity index (χ0n) is 16.3. The number of hydrogen-bond acceptors (Lipinski definition) is 1. The molecule has 0 aromatic heterocycles. The first-order valence-corrected chi connectivity index (χ1v) is 8.78. The van der Waals surface area contributed by atoms with E-state index in [-0.39, 0.29) is 5.56 Å². The van der Waals surface area contributed by atoms with Crippen LogP contribution in [0, 0.1) is 0 Å². The van der Waals surface area contributed by atoms with Gasteiger partial charge < -0.3 is 4.74 Å². The third-order valence-electron chi connectivity index (χ3n) is 4.61. The van der Waals surface area contributed by atoms with Crippen molar-refractivity contribution < 1.29 is 61.8 Å². The molecule has 0 aliphatic heterocycles. The lowest BCUT2D eigenvalue weighted by atomic mass is 9.90. The molecule has 1 nitrogen and oxygen atoms in total. The van der Waals surface area contributed by atoms with Gasteiger partial charge in [0, 0.05) is 13.5 Å². The van der Waals surface area contributed by atoms with Gasteiger partial charge in [-0.2, -0.15) is 57.1 Å². The summed E-state index contributed by atoms with van der Waals surface area (Å²) in [6, 6.07) is 4.90. The van der Waals surface area contributed by atoms with Crippen molar-refractivity contribution in [2.45, 2.75) is 68.1 Å². The van der Waals surface area contributed by atoms with Gasteiger partial charge in [-0.25, -0.2) is 0 Å². The Morgan fingerprint density at radius 3 is 1.50 bits per heavy atom. The van der Waals surface area contributed by atoms with E-state index < -0.39 is 48.3 Å². The van der Waals surface area contributed by atoms with Crippen molar-refractivity contribution in [1.29, 1.82) is 0 Å². The highest BCUT2D eigenvalue weighted by atomic mass is 19.4. The number of rotatable bonds is 10. The number of alkyl halides is 13. The van der Waals surface area contributed by atoms with Crippen LogP contribution in [-0.2, 0) is 11.2 Å². The molecule has 0 aliphatic rings. The number of aryl methyl sites for hydroxylation is 1. The van der Waals surface area contributed by atoms with Crippen LogP contribution in [0.2, 0.25) is 0 Å². The number of halogens is 13. The van der Waals surface area contributed by atoms with Crippen molar-refractivity contribution in [3.05, 3.63) is 35.4 Å². The van der Waals surface area contributed by atoms with Gasteiger partial charge in [0.25, 0.3) is 0 Å². The van der Waals surface area contributed by atoms with Crippen LogP contribution in [0.15, 0.2) is 24.3 Å². The predicted octanol–water partition coefficient (Wildman–Crippen LogP) is 7.46. The van der Waals surface area contributed by atoms with Gasteiger partial charge in [0.15, 0.2) is 0 Å². The van der Waals surface area contributed by atoms with Crippen LogP contribution in [0.4, 0.5) is 57.1 Å². The fraction of sp³-hybridized carbons (Fsp3) is 0.667. The van der Waals surface area contributed by atoms with E-state index in [1.54, 1.807) is 6.92 Å². The van der Waals surface area contributed by atoms with Gasteiger partial charge >= 0.3 is 35.8 Å². The highest BCUT2D eigenvalue weighted by Crippen LogP contribution is 2.61. The Kier molecular flexibility index (Phi) is 7.87. The summed E-state index contributed by atoms with van der Waals surface area (Å²) in [4.78, 5) is 0. The van der Waals surface area contributed by atoms with Crippen LogP contribution in [0.3, 0.4) is 0 Å². The normalized spacial score (nSPS) is 15.7. The summed E-state index contributed by atoms with van der Waals surface area (Å²) in [5.74, 6) is -37.0. The van der Waals surface area contributed by atoms with Crippen LogP contribution in [-0.4, -0.2) is 42.9 Å². The Hall–Kier alpha value is -1.73. The van der Waals surface area contributed by atoms with E-state index >= 15 is 0 Å². The second kappa shape index (κ2) is 8.90. The average molecular weight is 496 g/mol. The molecule has 0 heterocycles. The lowest BCUT2D eigenvalue weighted by molar-refractivity contribution is -0.440. The number of ether oxygens (including phenoxy) is 1. The molecular formula is C18H17F13O. The van der Waals surface area contributed by atoms with Crippen LogP contribution in [0.5, 0.6) is 0 Å². The predicted molar refractivity (Wildman–Crippen MR) is 85.6 cm³/mol. The van der Waals surface area contributed by atoms with Crippen LogP contribution in [0.1, 0.15) is 37.0 Å². The molecule has 1 aromatic carbocycles. The Labute approximate surface area is 173 Å². The van der Waals surface area contributed by atoms with Gasteiger partial charge in [0.1, 0.15) is 0 Å². The standard InChI is InChI=1S/C18H17F13O/c1-3-4-10-5-7-11(8-6-10)12(32-2)9-13(19,20)14(21,22)15(23,24)16(25,26)17(27,28)18(29,30)31/h5-8,12H,3-4,9H2,1-2H3. The molecule has 0 spiro atoms. The molecule has 0 fully saturated rings. The number of methoxy groups -OCH3 is 1. The minimum atomic E-state index is -7.91. The summed E-state index contributed by atoms with van der Waals surface area (Å²) in [6.45, 7) is 1.80. The number of hydrogen-bond donors (Lipinski definition) is 0. The summed E-state index contributed by atoms with van der Waals surface area (Å²) < 4.78 is 176. The molecule has 32 heavy (non-hydrogen) atoms. The van der Waals surface area contributed by atoms with E-state index in [4.69, 9.17) is 0 Å². The molecule has 0 bridgehead atoms. The SMILES string of the molecule is CCCc1ccc(C(CC(F)(F)C(F)(F)C(F)(F)C(F)(F)C(F)(F)C(F)(F)F)OC)cc1. The van der Waals surface area contributed by atoms with E-state index in [1.807, 2.05) is 0 Å². The minimum absolute atomic E-state index is 0.279. The van der Waals surface area contributed by atoms with Crippen LogP contribution >= 0.6 is 0 Å². The zero-order chi connectivity index (χ0) is 25.4. The number of benzene rings is 1. The third kappa shape index (κ3) is 4.65. The second-order valence-electron chi connectivity index (χ2n) is 6.92. The summed E-state index contributed by atoms with van der Waals surface area (Å²) in [5, 5.41) is 0. The first kappa shape index (κ1) is 28.3. The molecule has 0 amide bonds. The fourth-order valence-corrected chi connectivity index (χ4v) is 2.69. The molecule has 0 saturated heterocycles. The Morgan fingerprint density at radius 1 is 0.688 bits per heavy atom. The lowest BCUT2D eigenvalue weighted by Gasteiger charge is -2.40. The van der Waals surface area contributed by atoms with Crippen molar-refractivity contribution in [2.24, 2.45) is 0 Å². The molecule has 0 saturated carbocycles. The monoisotopic (exact) mass is 496 g/mol. The van der Waals surface area contributed by atoms with Crippen molar-refractivity contribution in [3.63, 3.8) is 0 Å². The van der Waals surface area contributed by atoms with Crippen molar-refractivity contribution in [2.75, 3.05) is 7.11 Å². The first-order chi connectivity index (χ1) is 14.2. The molecule has 1 unspecified atom stereocenters. The molecular weight excluding hydrogens is 479 g/mol. The molecule has 1 aromatic rings. The van der Waals surface area contributed by atoms with Gasteiger partial charge in [0.05, 0.1) is 6.10 Å². The summed E-state index contributed by atoms with van der Waals surface area (Å²) in [7, 11) is 0.684. The lowest BCUT2D eigenvalue weighted by Crippen LogP contribution is -2.70. The molecule has 186 valence electrons. The van der Waals surface area contributed by atoms with Gasteiger partial charge in [-0.3, -0.25) is 0 Å². The van der Waals surface area contributed by atoms with E-state index in [2.05, 4.69) is 4.74 Å². The summed E-state index contributed by atoms with van der Waals surface area (Å²) in [6.07, 6.45) is -10.8. The Bertz CT molecular complexity index is 753. The van der Waals surface area contributed by atoms with Gasteiger partial charge in [-0.1, -0.05) is 37.6 Å². The molecule has 14 heteroatoms. The smallest absolute Gasteiger partial charge is 0.377 e. The van der Waals surface area contributed by atoms with Crippen molar-refractivity contribution in [1.82, 2.24) is 0 Å². The molecule has 0 aliphatic carbocycles. The summed E-state index contributed by atoms with van der Waals surface area (Å²) in [5.41, 5.74) is 0.391. The maximum absolute atomic E-state index is 14.1. The molecule has 1 atom stereocenters. The fourth-order valence-electron chi connectivity index (χ4n) is 2.69. The molecule has 1 rings (SSSR count). The quantitative estimate of drug-likeness (QED) is 0.306. The largest absolute Gasteiger partial charge is 0.460 e. The van der Waals surface area contributed by atoms with E-state index in [1.165, 1.54) is 12.1 Å².